The first-order valence-corrected chi connectivity index (χ1v) is 12.0. The first-order chi connectivity index (χ1) is 17.2. The van der Waals surface area contributed by atoms with Crippen LogP contribution in [0.3, 0.4) is 0 Å². The lowest BCUT2D eigenvalue weighted by Gasteiger charge is -2.06. The lowest BCUT2D eigenvalue weighted by atomic mass is 9.98. The third-order valence-corrected chi connectivity index (χ3v) is 5.97. The van der Waals surface area contributed by atoms with E-state index in [0.717, 1.165) is 0 Å². The molecule has 0 amide bonds. The minimum Gasteiger partial charge on any atom is -0.478 e. The van der Waals surface area contributed by atoms with Gasteiger partial charge in [0.05, 0.1) is 11.1 Å². The number of halogens is 2. The molecule has 0 spiro atoms. The van der Waals surface area contributed by atoms with Crippen LogP contribution >= 0.6 is 31.9 Å². The Hall–Kier alpha value is -3.88. The van der Waals surface area contributed by atoms with E-state index in [1.54, 1.807) is 72.8 Å². The van der Waals surface area contributed by atoms with Crippen LogP contribution in [0, 0.1) is 0 Å². The summed E-state index contributed by atoms with van der Waals surface area (Å²) in [6.07, 6.45) is 0. The molecule has 0 saturated carbocycles. The number of carbonyl (C=O) groups excluding carboxylic acids is 2. The molecule has 0 fully saturated rings. The predicted molar refractivity (Wildman–Crippen MR) is 142 cm³/mol. The molecule has 180 valence electrons. The van der Waals surface area contributed by atoms with Crippen LogP contribution in [-0.4, -0.2) is 33.7 Å². The van der Waals surface area contributed by atoms with Gasteiger partial charge in [0.2, 0.25) is 0 Å². The van der Waals surface area contributed by atoms with Crippen LogP contribution in [0.2, 0.25) is 0 Å². The second kappa shape index (κ2) is 12.2. The summed E-state index contributed by atoms with van der Waals surface area (Å²) < 4.78 is 1.30. The number of benzene rings is 4. The van der Waals surface area contributed by atoms with Gasteiger partial charge in [0, 0.05) is 31.2 Å². The highest BCUT2D eigenvalue weighted by Crippen LogP contribution is 2.21. The first kappa shape index (κ1) is 26.7. The van der Waals surface area contributed by atoms with Crippen molar-refractivity contribution in [3.63, 3.8) is 0 Å². The summed E-state index contributed by atoms with van der Waals surface area (Å²) >= 11 is 6.44. The molecule has 0 radical (unpaired) electrons. The van der Waals surface area contributed by atoms with E-state index in [1.165, 1.54) is 24.3 Å². The molecule has 8 heteroatoms. The first-order valence-electron chi connectivity index (χ1n) is 10.4. The van der Waals surface area contributed by atoms with Gasteiger partial charge in [0.15, 0.2) is 11.6 Å². The molecule has 4 aromatic rings. The number of hydrogen-bond acceptors (Lipinski definition) is 4. The second-order valence-electron chi connectivity index (χ2n) is 7.38. The number of hydrogen-bond donors (Lipinski definition) is 2. The molecule has 0 aliphatic heterocycles. The Kier molecular flexibility index (Phi) is 9.05. The topological polar surface area (TPSA) is 109 Å². The summed E-state index contributed by atoms with van der Waals surface area (Å²) in [5, 5.41) is 18.2. The summed E-state index contributed by atoms with van der Waals surface area (Å²) in [6.45, 7) is 0. The molecule has 0 unspecified atom stereocenters. The number of carboxylic acids is 2. The monoisotopic (exact) mass is 608 g/mol. The largest absolute Gasteiger partial charge is 0.478 e. The molecular weight excluding hydrogens is 592 g/mol. The molecule has 0 aliphatic rings. The molecule has 0 heterocycles. The van der Waals surface area contributed by atoms with E-state index in [0.29, 0.717) is 20.1 Å². The van der Waals surface area contributed by atoms with E-state index in [2.05, 4.69) is 31.9 Å². The number of ketones is 2. The average molecular weight is 610 g/mol. The fraction of sp³-hybridized carbons (Fsp3) is 0. The number of carbonyl (C=O) groups is 4. The van der Waals surface area contributed by atoms with Gasteiger partial charge < -0.3 is 10.2 Å². The molecule has 0 saturated heterocycles. The summed E-state index contributed by atoms with van der Waals surface area (Å²) in [4.78, 5) is 46.7. The third-order valence-electron chi connectivity index (χ3n) is 4.99. The van der Waals surface area contributed by atoms with Crippen LogP contribution in [0.1, 0.15) is 52.6 Å². The maximum absolute atomic E-state index is 12.2. The zero-order valence-corrected chi connectivity index (χ0v) is 21.7. The van der Waals surface area contributed by atoms with Gasteiger partial charge >= 0.3 is 11.9 Å². The van der Waals surface area contributed by atoms with E-state index in [4.69, 9.17) is 10.2 Å². The molecule has 4 aromatic carbocycles. The summed E-state index contributed by atoms with van der Waals surface area (Å²) in [6, 6.07) is 26.4. The van der Waals surface area contributed by atoms with Crippen molar-refractivity contribution in [3.8, 4) is 0 Å². The molecular formula is C28H18Br2O6. The zero-order valence-electron chi connectivity index (χ0n) is 18.5. The van der Waals surface area contributed by atoms with Crippen LogP contribution in [0.15, 0.2) is 106 Å². The molecule has 2 N–H and O–H groups in total. The molecule has 0 atom stereocenters. The van der Waals surface area contributed by atoms with E-state index in [-0.39, 0.29) is 33.8 Å². The smallest absolute Gasteiger partial charge is 0.336 e. The Morgan fingerprint density at radius 2 is 0.861 bits per heavy atom. The highest BCUT2D eigenvalue weighted by molar-refractivity contribution is 9.10. The van der Waals surface area contributed by atoms with Gasteiger partial charge in [0.1, 0.15) is 0 Å². The van der Waals surface area contributed by atoms with Crippen LogP contribution in [0.5, 0.6) is 0 Å². The molecule has 36 heavy (non-hydrogen) atoms. The maximum atomic E-state index is 12.2. The van der Waals surface area contributed by atoms with Crippen LogP contribution in [-0.2, 0) is 0 Å². The van der Waals surface area contributed by atoms with Crippen molar-refractivity contribution in [1.29, 1.82) is 0 Å². The van der Waals surface area contributed by atoms with Crippen LogP contribution in [0.25, 0.3) is 0 Å². The van der Waals surface area contributed by atoms with Crippen LogP contribution < -0.4 is 0 Å². The Bertz CT molecular complexity index is 1430. The third kappa shape index (κ3) is 6.62. The molecule has 0 aliphatic carbocycles. The average Bonchev–Trinajstić information content (AvgIpc) is 2.89. The van der Waals surface area contributed by atoms with Gasteiger partial charge in [-0.3, -0.25) is 9.59 Å². The quantitative estimate of drug-likeness (QED) is 0.234. The minimum atomic E-state index is -1.12. The van der Waals surface area contributed by atoms with Gasteiger partial charge in [-0.1, -0.05) is 92.5 Å². The van der Waals surface area contributed by atoms with Gasteiger partial charge in [-0.25, -0.2) is 9.59 Å². The molecule has 0 bridgehead atoms. The van der Waals surface area contributed by atoms with Crippen molar-refractivity contribution in [2.45, 2.75) is 0 Å². The second-order valence-corrected chi connectivity index (χ2v) is 9.21. The van der Waals surface area contributed by atoms with Gasteiger partial charge in [-0.2, -0.15) is 0 Å². The Morgan fingerprint density at radius 1 is 0.472 bits per heavy atom. The van der Waals surface area contributed by atoms with E-state index in [1.807, 2.05) is 0 Å². The van der Waals surface area contributed by atoms with Crippen molar-refractivity contribution >= 4 is 55.4 Å². The van der Waals surface area contributed by atoms with Gasteiger partial charge in [-0.15, -0.1) is 0 Å². The highest BCUT2D eigenvalue weighted by atomic mass is 79.9. The van der Waals surface area contributed by atoms with Crippen molar-refractivity contribution in [2.75, 3.05) is 0 Å². The Morgan fingerprint density at radius 3 is 1.31 bits per heavy atom. The van der Waals surface area contributed by atoms with E-state index in [9.17, 15) is 19.2 Å². The number of aromatic carboxylic acids is 2. The zero-order chi connectivity index (χ0) is 26.2. The fourth-order valence-electron chi connectivity index (χ4n) is 3.27. The van der Waals surface area contributed by atoms with Gasteiger partial charge in [-0.05, 0) is 36.4 Å². The van der Waals surface area contributed by atoms with E-state index < -0.39 is 11.9 Å². The molecule has 0 aromatic heterocycles. The van der Waals surface area contributed by atoms with Gasteiger partial charge in [0.25, 0.3) is 0 Å². The van der Waals surface area contributed by atoms with E-state index >= 15 is 0 Å². The lowest BCUT2D eigenvalue weighted by molar-refractivity contribution is 0.0683. The number of carboxylic acid groups (broad SMARTS) is 2. The van der Waals surface area contributed by atoms with Crippen molar-refractivity contribution in [2.24, 2.45) is 0 Å². The summed E-state index contributed by atoms with van der Waals surface area (Å²) in [5.41, 5.74) is 1.32. The molecule has 4 rings (SSSR count). The van der Waals surface area contributed by atoms with Crippen molar-refractivity contribution in [1.82, 2.24) is 0 Å². The minimum absolute atomic E-state index is 0.00164. The Labute approximate surface area is 223 Å². The Balaban J connectivity index is 0.000000201. The fourth-order valence-corrected chi connectivity index (χ4v) is 3.99. The summed E-state index contributed by atoms with van der Waals surface area (Å²) in [7, 11) is 0. The standard InChI is InChI=1S/2C14H9BrO3/c15-10-6-7-11(14(17)18)12(8-10)13(16)9-4-2-1-3-5-9;15-10-6-7-11(12(8-10)14(17)18)13(16)9-4-2-1-3-5-9/h2*1-8H,(H,17,18). The van der Waals surface area contributed by atoms with Crippen molar-refractivity contribution < 1.29 is 29.4 Å². The predicted octanol–water partition coefficient (Wildman–Crippen LogP) is 6.76. The maximum Gasteiger partial charge on any atom is 0.336 e. The summed E-state index contributed by atoms with van der Waals surface area (Å²) in [5.74, 6) is -2.81. The normalized spacial score (nSPS) is 10.1. The molecule has 6 nitrogen and oxygen atoms in total. The number of rotatable bonds is 6. The highest BCUT2D eigenvalue weighted by Gasteiger charge is 2.19. The lowest BCUT2D eigenvalue weighted by Crippen LogP contribution is -2.09. The van der Waals surface area contributed by atoms with Crippen molar-refractivity contribution in [3.05, 3.63) is 139 Å². The van der Waals surface area contributed by atoms with Crippen LogP contribution in [0.4, 0.5) is 0 Å². The SMILES string of the molecule is O=C(O)c1cc(Br)ccc1C(=O)c1ccccc1.O=C(O)c1ccc(Br)cc1C(=O)c1ccccc1.